The normalized spacial score (nSPS) is 16.7. The Bertz CT molecular complexity index is 690. The van der Waals surface area contributed by atoms with Gasteiger partial charge in [0.05, 0.1) is 0 Å². The van der Waals surface area contributed by atoms with Gasteiger partial charge in [0.15, 0.2) is 11.6 Å². The van der Waals surface area contributed by atoms with Crippen molar-refractivity contribution in [2.24, 2.45) is 0 Å². The number of imidazole rings is 1. The van der Waals surface area contributed by atoms with Crippen LogP contribution < -0.4 is 0 Å². The highest BCUT2D eigenvalue weighted by molar-refractivity contribution is 5.17. The van der Waals surface area contributed by atoms with Crippen molar-refractivity contribution >= 4 is 0 Å². The quantitative estimate of drug-likeness (QED) is 0.802. The minimum Gasteiger partial charge on any atom is -0.333 e. The van der Waals surface area contributed by atoms with E-state index in [1.54, 1.807) is 6.07 Å². The zero-order chi connectivity index (χ0) is 17.8. The monoisotopic (exact) mass is 348 g/mol. The standard InChI is InChI=1S/C19H26F2N4/c1-15(2)19-22-5-6-25(19)12-11-23-7-9-24(10-8-23)14-16-3-4-17(20)18(21)13-16/h3-6,13,15H,7-12,14H2,1-2H3. The van der Waals surface area contributed by atoms with Gasteiger partial charge in [-0.1, -0.05) is 19.9 Å². The molecule has 0 amide bonds. The lowest BCUT2D eigenvalue weighted by molar-refractivity contribution is 0.123. The molecule has 0 N–H and O–H groups in total. The van der Waals surface area contributed by atoms with Gasteiger partial charge in [-0.15, -0.1) is 0 Å². The van der Waals surface area contributed by atoms with E-state index in [9.17, 15) is 8.78 Å². The SMILES string of the molecule is CC(C)c1nccn1CCN1CCN(Cc2ccc(F)c(F)c2)CC1. The summed E-state index contributed by atoms with van der Waals surface area (Å²) in [5, 5.41) is 0. The van der Waals surface area contributed by atoms with E-state index in [1.165, 1.54) is 12.1 Å². The Kier molecular flexibility index (Phi) is 5.81. The first-order valence-electron chi connectivity index (χ1n) is 8.92. The van der Waals surface area contributed by atoms with Gasteiger partial charge >= 0.3 is 0 Å². The third kappa shape index (κ3) is 4.64. The summed E-state index contributed by atoms with van der Waals surface area (Å²) in [6.45, 7) is 10.8. The van der Waals surface area contributed by atoms with E-state index in [1.807, 2.05) is 6.20 Å². The average molecular weight is 348 g/mol. The van der Waals surface area contributed by atoms with Gasteiger partial charge in [0.25, 0.3) is 0 Å². The summed E-state index contributed by atoms with van der Waals surface area (Å²) in [6.07, 6.45) is 3.92. The molecule has 4 nitrogen and oxygen atoms in total. The van der Waals surface area contributed by atoms with Crippen LogP contribution in [0.25, 0.3) is 0 Å². The molecule has 6 heteroatoms. The van der Waals surface area contributed by atoms with Crippen molar-refractivity contribution in [2.45, 2.75) is 32.9 Å². The Labute approximate surface area is 148 Å². The minimum absolute atomic E-state index is 0.433. The van der Waals surface area contributed by atoms with Crippen molar-refractivity contribution in [1.29, 1.82) is 0 Å². The molecule has 136 valence electrons. The highest BCUT2D eigenvalue weighted by atomic mass is 19.2. The van der Waals surface area contributed by atoms with Crippen molar-refractivity contribution in [3.05, 3.63) is 53.6 Å². The number of benzene rings is 1. The molecule has 1 aliphatic rings. The second-order valence-corrected chi connectivity index (χ2v) is 7.00. The second-order valence-electron chi connectivity index (χ2n) is 7.00. The predicted octanol–water partition coefficient (Wildman–Crippen LogP) is 3.10. The molecule has 0 bridgehead atoms. The van der Waals surface area contributed by atoms with Crippen molar-refractivity contribution < 1.29 is 8.78 Å². The van der Waals surface area contributed by atoms with Gasteiger partial charge in [-0.3, -0.25) is 9.80 Å². The fourth-order valence-electron chi connectivity index (χ4n) is 3.33. The molecule has 3 rings (SSSR count). The molecule has 2 aromatic rings. The number of hydrogen-bond donors (Lipinski definition) is 0. The summed E-state index contributed by atoms with van der Waals surface area (Å²) in [6, 6.07) is 4.17. The summed E-state index contributed by atoms with van der Waals surface area (Å²) in [5.41, 5.74) is 0.826. The van der Waals surface area contributed by atoms with Gasteiger partial charge in [0, 0.05) is 64.1 Å². The summed E-state index contributed by atoms with van der Waals surface area (Å²) in [4.78, 5) is 9.17. The predicted molar refractivity (Wildman–Crippen MR) is 94.4 cm³/mol. The number of nitrogens with zero attached hydrogens (tertiary/aromatic N) is 4. The molecule has 0 atom stereocenters. The Hall–Kier alpha value is -1.79. The first-order chi connectivity index (χ1) is 12.0. The molecule has 1 aromatic carbocycles. The lowest BCUT2D eigenvalue weighted by Crippen LogP contribution is -2.46. The van der Waals surface area contributed by atoms with Crippen LogP contribution in [0.1, 0.15) is 31.2 Å². The average Bonchev–Trinajstić information content (AvgIpc) is 3.06. The first kappa shape index (κ1) is 18.0. The highest BCUT2D eigenvalue weighted by Crippen LogP contribution is 2.14. The number of hydrogen-bond acceptors (Lipinski definition) is 3. The molecule has 0 aliphatic carbocycles. The smallest absolute Gasteiger partial charge is 0.159 e. The van der Waals surface area contributed by atoms with Gasteiger partial charge in [0.2, 0.25) is 0 Å². The summed E-state index contributed by atoms with van der Waals surface area (Å²) in [7, 11) is 0. The number of piperazine rings is 1. The molecular formula is C19H26F2N4. The Morgan fingerprint density at radius 1 is 1.00 bits per heavy atom. The van der Waals surface area contributed by atoms with Gasteiger partial charge in [-0.05, 0) is 17.7 Å². The molecule has 0 saturated carbocycles. The van der Waals surface area contributed by atoms with E-state index in [0.717, 1.165) is 50.7 Å². The molecule has 1 fully saturated rings. The zero-order valence-electron chi connectivity index (χ0n) is 15.0. The molecule has 1 aromatic heterocycles. The summed E-state index contributed by atoms with van der Waals surface area (Å²) < 4.78 is 28.6. The maximum absolute atomic E-state index is 13.3. The fraction of sp³-hybridized carbons (Fsp3) is 0.526. The van der Waals surface area contributed by atoms with Crippen LogP contribution >= 0.6 is 0 Å². The molecule has 0 radical (unpaired) electrons. The van der Waals surface area contributed by atoms with E-state index >= 15 is 0 Å². The van der Waals surface area contributed by atoms with Gasteiger partial charge < -0.3 is 4.57 Å². The summed E-state index contributed by atoms with van der Waals surface area (Å²) in [5.74, 6) is 0.0196. The minimum atomic E-state index is -0.783. The topological polar surface area (TPSA) is 24.3 Å². The van der Waals surface area contributed by atoms with Crippen LogP contribution in [0.5, 0.6) is 0 Å². The van der Waals surface area contributed by atoms with Crippen molar-refractivity contribution in [3.63, 3.8) is 0 Å². The lowest BCUT2D eigenvalue weighted by Gasteiger charge is -2.34. The fourth-order valence-corrected chi connectivity index (χ4v) is 3.33. The van der Waals surface area contributed by atoms with Gasteiger partial charge in [-0.2, -0.15) is 0 Å². The van der Waals surface area contributed by atoms with E-state index in [2.05, 4.69) is 39.4 Å². The van der Waals surface area contributed by atoms with E-state index in [0.29, 0.717) is 12.5 Å². The molecule has 25 heavy (non-hydrogen) atoms. The zero-order valence-corrected chi connectivity index (χ0v) is 15.0. The molecule has 0 unspecified atom stereocenters. The largest absolute Gasteiger partial charge is 0.333 e. The van der Waals surface area contributed by atoms with E-state index in [-0.39, 0.29) is 0 Å². The number of rotatable bonds is 6. The Morgan fingerprint density at radius 2 is 1.72 bits per heavy atom. The Morgan fingerprint density at radius 3 is 2.40 bits per heavy atom. The molecule has 2 heterocycles. The molecule has 0 spiro atoms. The highest BCUT2D eigenvalue weighted by Gasteiger charge is 2.18. The summed E-state index contributed by atoms with van der Waals surface area (Å²) >= 11 is 0. The number of aromatic nitrogens is 2. The molecule has 1 saturated heterocycles. The Balaban J connectivity index is 1.45. The number of halogens is 2. The molecular weight excluding hydrogens is 322 g/mol. The first-order valence-corrected chi connectivity index (χ1v) is 8.92. The van der Waals surface area contributed by atoms with Crippen LogP contribution in [-0.2, 0) is 13.1 Å². The van der Waals surface area contributed by atoms with E-state index < -0.39 is 11.6 Å². The molecule has 1 aliphatic heterocycles. The maximum Gasteiger partial charge on any atom is 0.159 e. The van der Waals surface area contributed by atoms with Gasteiger partial charge in [-0.25, -0.2) is 13.8 Å². The third-order valence-electron chi connectivity index (χ3n) is 4.78. The van der Waals surface area contributed by atoms with Crippen LogP contribution in [0.15, 0.2) is 30.6 Å². The van der Waals surface area contributed by atoms with Crippen molar-refractivity contribution in [3.8, 4) is 0 Å². The van der Waals surface area contributed by atoms with Crippen LogP contribution in [0, 0.1) is 11.6 Å². The lowest BCUT2D eigenvalue weighted by atomic mass is 10.2. The second kappa shape index (κ2) is 8.06. The van der Waals surface area contributed by atoms with Gasteiger partial charge in [0.1, 0.15) is 5.82 Å². The van der Waals surface area contributed by atoms with Crippen LogP contribution in [0.3, 0.4) is 0 Å². The van der Waals surface area contributed by atoms with Crippen molar-refractivity contribution in [1.82, 2.24) is 19.4 Å². The van der Waals surface area contributed by atoms with Crippen LogP contribution in [0.4, 0.5) is 8.78 Å². The van der Waals surface area contributed by atoms with Crippen molar-refractivity contribution in [2.75, 3.05) is 32.7 Å². The maximum atomic E-state index is 13.3. The third-order valence-corrected chi connectivity index (χ3v) is 4.78. The van der Waals surface area contributed by atoms with Crippen LogP contribution in [0.2, 0.25) is 0 Å². The van der Waals surface area contributed by atoms with E-state index in [4.69, 9.17) is 0 Å². The van der Waals surface area contributed by atoms with Crippen LogP contribution in [-0.4, -0.2) is 52.1 Å².